The number of unbranched alkanes of at least 4 members (excludes halogenated alkanes) is 1. The van der Waals surface area contributed by atoms with Crippen molar-refractivity contribution in [1.29, 1.82) is 0 Å². The molecule has 0 N–H and O–H groups in total. The summed E-state index contributed by atoms with van der Waals surface area (Å²) in [5.41, 5.74) is -0.179. The summed E-state index contributed by atoms with van der Waals surface area (Å²) in [5, 5.41) is 11.0. The second-order valence-corrected chi connectivity index (χ2v) is 4.73. The fraction of sp³-hybridized carbons (Fsp3) is 0.636. The van der Waals surface area contributed by atoms with E-state index in [9.17, 15) is 10.1 Å². The molecule has 0 radical (unpaired) electrons. The maximum Gasteiger partial charge on any atom is 0.348 e. The largest absolute Gasteiger partial charge is 0.348 e. The van der Waals surface area contributed by atoms with Crippen LogP contribution in [-0.4, -0.2) is 27.5 Å². The van der Waals surface area contributed by atoms with Gasteiger partial charge in [0.2, 0.25) is 11.0 Å². The molecule has 0 aliphatic heterocycles. The van der Waals surface area contributed by atoms with Gasteiger partial charge in [-0.2, -0.15) is 0 Å². The van der Waals surface area contributed by atoms with Crippen LogP contribution in [-0.2, 0) is 0 Å². The van der Waals surface area contributed by atoms with Crippen LogP contribution in [0.2, 0.25) is 5.15 Å². The minimum absolute atomic E-state index is 0.0906. The van der Waals surface area contributed by atoms with Gasteiger partial charge in [0.05, 0.1) is 4.92 Å². The van der Waals surface area contributed by atoms with Gasteiger partial charge in [-0.3, -0.25) is 10.1 Å². The lowest BCUT2D eigenvalue weighted by atomic mass is 10.3. The molecule has 0 spiro atoms. The zero-order chi connectivity index (χ0) is 13.1. The predicted molar refractivity (Wildman–Crippen MR) is 69.0 cm³/mol. The van der Waals surface area contributed by atoms with Gasteiger partial charge < -0.3 is 4.90 Å². The summed E-state index contributed by atoms with van der Waals surface area (Å²) in [7, 11) is 0. The highest BCUT2D eigenvalue weighted by Gasteiger charge is 2.35. The number of aromatic nitrogens is 2. The molecule has 1 aromatic rings. The van der Waals surface area contributed by atoms with E-state index in [2.05, 4.69) is 16.9 Å². The monoisotopic (exact) mass is 270 g/mol. The average Bonchev–Trinajstić information content (AvgIpc) is 3.13. The van der Waals surface area contributed by atoms with Crippen LogP contribution < -0.4 is 4.90 Å². The van der Waals surface area contributed by atoms with E-state index in [4.69, 9.17) is 11.6 Å². The van der Waals surface area contributed by atoms with Crippen molar-refractivity contribution in [2.45, 2.75) is 38.6 Å². The zero-order valence-electron chi connectivity index (χ0n) is 10.2. The maximum atomic E-state index is 11.1. The molecule has 0 bridgehead atoms. The van der Waals surface area contributed by atoms with Crippen molar-refractivity contribution in [2.24, 2.45) is 0 Å². The molecular formula is C11H15ClN4O2. The number of nitro groups is 1. The first-order valence-electron chi connectivity index (χ1n) is 6.06. The predicted octanol–water partition coefficient (Wildman–Crippen LogP) is 2.81. The zero-order valence-corrected chi connectivity index (χ0v) is 10.9. The number of hydrogen-bond acceptors (Lipinski definition) is 5. The van der Waals surface area contributed by atoms with E-state index in [-0.39, 0.29) is 10.8 Å². The van der Waals surface area contributed by atoms with Crippen LogP contribution in [0.4, 0.5) is 11.5 Å². The molecule has 1 fully saturated rings. The second kappa shape index (κ2) is 5.48. The molecule has 18 heavy (non-hydrogen) atoms. The molecule has 98 valence electrons. The summed E-state index contributed by atoms with van der Waals surface area (Å²) in [4.78, 5) is 20.3. The van der Waals surface area contributed by atoms with Gasteiger partial charge in [0.25, 0.3) is 0 Å². The minimum atomic E-state index is -0.501. The van der Waals surface area contributed by atoms with E-state index >= 15 is 0 Å². The number of anilines is 1. The van der Waals surface area contributed by atoms with Crippen LogP contribution in [0.3, 0.4) is 0 Å². The SMILES string of the molecule is CCCCN(c1ncnc(Cl)c1[N+](=O)[O-])C1CC1. The molecule has 1 aromatic heterocycles. The van der Waals surface area contributed by atoms with Crippen LogP contribution in [0.25, 0.3) is 0 Å². The van der Waals surface area contributed by atoms with E-state index in [1.807, 2.05) is 4.90 Å². The molecule has 0 unspecified atom stereocenters. The summed E-state index contributed by atoms with van der Waals surface area (Å²) in [6.07, 6.45) is 5.42. The summed E-state index contributed by atoms with van der Waals surface area (Å²) < 4.78 is 0. The van der Waals surface area contributed by atoms with Crippen LogP contribution >= 0.6 is 11.6 Å². The summed E-state index contributed by atoms with van der Waals surface area (Å²) in [5.74, 6) is 0.357. The Morgan fingerprint density at radius 2 is 2.28 bits per heavy atom. The molecule has 1 aliphatic rings. The van der Waals surface area contributed by atoms with Gasteiger partial charge in [0, 0.05) is 12.6 Å². The van der Waals surface area contributed by atoms with Crippen molar-refractivity contribution in [3.8, 4) is 0 Å². The van der Waals surface area contributed by atoms with Crippen LogP contribution in [0, 0.1) is 10.1 Å². The molecule has 0 amide bonds. The van der Waals surface area contributed by atoms with E-state index in [1.165, 1.54) is 6.33 Å². The first-order valence-corrected chi connectivity index (χ1v) is 6.44. The standard InChI is InChI=1S/C11H15ClN4O2/c1-2-3-6-15(8-4-5-8)11-9(16(17)18)10(12)13-7-14-11/h7-8H,2-6H2,1H3. The third-order valence-corrected chi connectivity index (χ3v) is 3.23. The van der Waals surface area contributed by atoms with Crippen molar-refractivity contribution in [2.75, 3.05) is 11.4 Å². The molecule has 7 heteroatoms. The lowest BCUT2D eigenvalue weighted by Crippen LogP contribution is -2.28. The van der Waals surface area contributed by atoms with Gasteiger partial charge >= 0.3 is 5.69 Å². The highest BCUT2D eigenvalue weighted by Crippen LogP contribution is 2.37. The lowest BCUT2D eigenvalue weighted by molar-refractivity contribution is -0.384. The second-order valence-electron chi connectivity index (χ2n) is 4.37. The van der Waals surface area contributed by atoms with Crippen molar-refractivity contribution in [3.05, 3.63) is 21.6 Å². The van der Waals surface area contributed by atoms with Gasteiger partial charge in [0.15, 0.2) is 0 Å². The maximum absolute atomic E-state index is 11.1. The van der Waals surface area contributed by atoms with Crippen LogP contribution in [0.5, 0.6) is 0 Å². The lowest BCUT2D eigenvalue weighted by Gasteiger charge is -2.22. The third kappa shape index (κ3) is 2.69. The van der Waals surface area contributed by atoms with Crippen molar-refractivity contribution in [3.63, 3.8) is 0 Å². The highest BCUT2D eigenvalue weighted by molar-refractivity contribution is 6.31. The molecule has 1 saturated carbocycles. The van der Waals surface area contributed by atoms with Crippen LogP contribution in [0.15, 0.2) is 6.33 Å². The quantitative estimate of drug-likeness (QED) is 0.451. The smallest absolute Gasteiger partial charge is 0.348 e. The van der Waals surface area contributed by atoms with E-state index in [0.717, 1.165) is 32.2 Å². The first-order chi connectivity index (χ1) is 8.65. The Bertz CT molecular complexity index is 451. The normalized spacial score (nSPS) is 14.6. The molecule has 1 aliphatic carbocycles. The number of hydrogen-bond donors (Lipinski definition) is 0. The highest BCUT2D eigenvalue weighted by atomic mass is 35.5. The van der Waals surface area contributed by atoms with E-state index < -0.39 is 4.92 Å². The fourth-order valence-electron chi connectivity index (χ4n) is 1.89. The Hall–Kier alpha value is -1.43. The van der Waals surface area contributed by atoms with Gasteiger partial charge in [0.1, 0.15) is 6.33 Å². The van der Waals surface area contributed by atoms with E-state index in [0.29, 0.717) is 11.9 Å². The van der Waals surface area contributed by atoms with Crippen molar-refractivity contribution in [1.82, 2.24) is 9.97 Å². The fourth-order valence-corrected chi connectivity index (χ4v) is 2.09. The Kier molecular flexibility index (Phi) is 3.96. The molecule has 2 rings (SSSR count). The number of rotatable bonds is 6. The minimum Gasteiger partial charge on any atom is -0.348 e. The van der Waals surface area contributed by atoms with Gasteiger partial charge in [-0.05, 0) is 19.3 Å². The molecule has 1 heterocycles. The number of halogens is 1. The van der Waals surface area contributed by atoms with Crippen molar-refractivity contribution < 1.29 is 4.92 Å². The third-order valence-electron chi connectivity index (χ3n) is 2.95. The summed E-state index contributed by atoms with van der Waals surface area (Å²) in [6, 6.07) is 0.362. The first kappa shape index (κ1) is 13.0. The van der Waals surface area contributed by atoms with Crippen LogP contribution in [0.1, 0.15) is 32.6 Å². The van der Waals surface area contributed by atoms with Gasteiger partial charge in [-0.15, -0.1) is 0 Å². The van der Waals surface area contributed by atoms with Gasteiger partial charge in [-0.1, -0.05) is 24.9 Å². The Morgan fingerprint density at radius 3 is 2.83 bits per heavy atom. The topological polar surface area (TPSA) is 72.2 Å². The van der Waals surface area contributed by atoms with Gasteiger partial charge in [-0.25, -0.2) is 9.97 Å². The average molecular weight is 271 g/mol. The van der Waals surface area contributed by atoms with Crippen molar-refractivity contribution >= 4 is 23.1 Å². The number of nitrogens with zero attached hydrogens (tertiary/aromatic N) is 4. The molecule has 0 aromatic carbocycles. The Morgan fingerprint density at radius 1 is 1.56 bits per heavy atom. The summed E-state index contributed by atoms with van der Waals surface area (Å²) in [6.45, 7) is 2.86. The summed E-state index contributed by atoms with van der Waals surface area (Å²) >= 11 is 5.81. The molecule has 0 atom stereocenters. The Balaban J connectivity index is 2.34. The van der Waals surface area contributed by atoms with E-state index in [1.54, 1.807) is 0 Å². The molecule has 0 saturated heterocycles. The molecular weight excluding hydrogens is 256 g/mol. The Labute approximate surface area is 110 Å². The molecule has 6 nitrogen and oxygen atoms in total.